The van der Waals surface area contributed by atoms with Gasteiger partial charge in [-0.3, -0.25) is 4.98 Å². The highest BCUT2D eigenvalue weighted by molar-refractivity contribution is 5.79. The molecule has 0 spiro atoms. The van der Waals surface area contributed by atoms with Crippen molar-refractivity contribution < 1.29 is 0 Å². The number of nitrogens with zero attached hydrogens (tertiary/aromatic N) is 2. The van der Waals surface area contributed by atoms with Crippen molar-refractivity contribution in [1.82, 2.24) is 15.6 Å². The van der Waals surface area contributed by atoms with E-state index in [-0.39, 0.29) is 0 Å². The van der Waals surface area contributed by atoms with Gasteiger partial charge >= 0.3 is 0 Å². The molecule has 2 rings (SSSR count). The summed E-state index contributed by atoms with van der Waals surface area (Å²) >= 11 is 0. The fourth-order valence-electron chi connectivity index (χ4n) is 3.08. The molecule has 1 aliphatic carbocycles. The quantitative estimate of drug-likeness (QED) is 0.461. The molecule has 0 saturated heterocycles. The van der Waals surface area contributed by atoms with E-state index in [9.17, 15) is 0 Å². The van der Waals surface area contributed by atoms with Crippen LogP contribution in [-0.2, 0) is 6.54 Å². The summed E-state index contributed by atoms with van der Waals surface area (Å²) in [5, 5.41) is 6.76. The van der Waals surface area contributed by atoms with Gasteiger partial charge in [-0.15, -0.1) is 0 Å². The fraction of sp³-hybridized carbons (Fsp3) is 0.667. The molecule has 22 heavy (non-hydrogen) atoms. The van der Waals surface area contributed by atoms with Crippen LogP contribution in [0.2, 0.25) is 0 Å². The molecule has 122 valence electrons. The Morgan fingerprint density at radius 3 is 2.86 bits per heavy atom. The van der Waals surface area contributed by atoms with Gasteiger partial charge < -0.3 is 10.6 Å². The van der Waals surface area contributed by atoms with Crippen LogP contribution in [0.15, 0.2) is 23.3 Å². The van der Waals surface area contributed by atoms with E-state index in [0.717, 1.165) is 30.7 Å². The molecule has 1 aromatic rings. The van der Waals surface area contributed by atoms with Gasteiger partial charge in [0.25, 0.3) is 0 Å². The molecular weight excluding hydrogens is 272 g/mol. The SMILES string of the molecule is CCNC(=NCc1ncccc1C)NCCCC1CCCC1. The summed E-state index contributed by atoms with van der Waals surface area (Å²) in [7, 11) is 0. The maximum Gasteiger partial charge on any atom is 0.191 e. The third-order valence-electron chi connectivity index (χ3n) is 4.41. The molecule has 0 amide bonds. The Morgan fingerprint density at radius 1 is 1.32 bits per heavy atom. The van der Waals surface area contributed by atoms with Gasteiger partial charge in [0.1, 0.15) is 0 Å². The van der Waals surface area contributed by atoms with E-state index in [1.54, 1.807) is 0 Å². The minimum atomic E-state index is 0.630. The molecule has 0 aromatic carbocycles. The first-order chi connectivity index (χ1) is 10.8. The summed E-state index contributed by atoms with van der Waals surface area (Å²) in [5.41, 5.74) is 2.24. The maximum atomic E-state index is 4.65. The molecule has 0 radical (unpaired) electrons. The number of guanidine groups is 1. The van der Waals surface area contributed by atoms with E-state index < -0.39 is 0 Å². The Kier molecular flexibility index (Phi) is 7.20. The molecule has 2 N–H and O–H groups in total. The van der Waals surface area contributed by atoms with Gasteiger partial charge in [0.2, 0.25) is 0 Å². The second-order valence-electron chi connectivity index (χ2n) is 6.18. The molecule has 0 unspecified atom stereocenters. The first-order valence-corrected chi connectivity index (χ1v) is 8.72. The molecule has 1 fully saturated rings. The summed E-state index contributed by atoms with van der Waals surface area (Å²) in [5.74, 6) is 1.87. The largest absolute Gasteiger partial charge is 0.357 e. The number of aryl methyl sites for hydroxylation is 1. The highest BCUT2D eigenvalue weighted by Crippen LogP contribution is 2.28. The van der Waals surface area contributed by atoms with Crippen molar-refractivity contribution in [3.8, 4) is 0 Å². The van der Waals surface area contributed by atoms with Gasteiger partial charge in [0.05, 0.1) is 12.2 Å². The van der Waals surface area contributed by atoms with E-state index in [2.05, 4.69) is 40.5 Å². The van der Waals surface area contributed by atoms with E-state index in [1.807, 2.05) is 12.3 Å². The molecule has 1 saturated carbocycles. The van der Waals surface area contributed by atoms with Crippen LogP contribution in [0.1, 0.15) is 56.7 Å². The van der Waals surface area contributed by atoms with E-state index >= 15 is 0 Å². The van der Waals surface area contributed by atoms with Crippen molar-refractivity contribution in [2.24, 2.45) is 10.9 Å². The molecular formula is C18H30N4. The van der Waals surface area contributed by atoms with Gasteiger partial charge in [0, 0.05) is 19.3 Å². The van der Waals surface area contributed by atoms with Gasteiger partial charge in [0.15, 0.2) is 5.96 Å². The lowest BCUT2D eigenvalue weighted by Crippen LogP contribution is -2.37. The van der Waals surface area contributed by atoms with Crippen LogP contribution < -0.4 is 10.6 Å². The first-order valence-electron chi connectivity index (χ1n) is 8.72. The molecule has 4 heteroatoms. The Hall–Kier alpha value is -1.58. The standard InChI is InChI=1S/C18H30N4/c1-3-19-18(21-13-7-11-16-9-4-5-10-16)22-14-17-15(2)8-6-12-20-17/h6,8,12,16H,3-5,7,9-11,13-14H2,1-2H3,(H2,19,21,22). The van der Waals surface area contributed by atoms with Gasteiger partial charge in [-0.05, 0) is 44.2 Å². The van der Waals surface area contributed by atoms with Crippen LogP contribution >= 0.6 is 0 Å². The fourth-order valence-corrected chi connectivity index (χ4v) is 3.08. The molecule has 1 heterocycles. The van der Waals surface area contributed by atoms with Crippen LogP contribution in [0.25, 0.3) is 0 Å². The Bertz CT molecular complexity index is 464. The number of pyridine rings is 1. The second-order valence-corrected chi connectivity index (χ2v) is 6.18. The third-order valence-corrected chi connectivity index (χ3v) is 4.41. The Balaban J connectivity index is 1.75. The topological polar surface area (TPSA) is 49.3 Å². The van der Waals surface area contributed by atoms with Crippen LogP contribution in [0.4, 0.5) is 0 Å². The van der Waals surface area contributed by atoms with Gasteiger partial charge in [-0.1, -0.05) is 31.7 Å². The van der Waals surface area contributed by atoms with Crippen molar-refractivity contribution >= 4 is 5.96 Å². The average Bonchev–Trinajstić information content (AvgIpc) is 3.03. The third kappa shape index (κ3) is 5.66. The Morgan fingerprint density at radius 2 is 2.14 bits per heavy atom. The zero-order valence-electron chi connectivity index (χ0n) is 14.1. The number of aliphatic imine (C=N–C) groups is 1. The summed E-state index contributed by atoms with van der Waals surface area (Å²) in [4.78, 5) is 9.04. The van der Waals surface area contributed by atoms with Crippen LogP contribution in [0.3, 0.4) is 0 Å². The molecule has 0 aliphatic heterocycles. The zero-order valence-corrected chi connectivity index (χ0v) is 14.1. The summed E-state index contributed by atoms with van der Waals surface area (Å²) in [6.07, 6.45) is 10.2. The molecule has 4 nitrogen and oxygen atoms in total. The number of hydrogen-bond acceptors (Lipinski definition) is 2. The first kappa shape index (κ1) is 16.8. The van der Waals surface area contributed by atoms with E-state index in [1.165, 1.54) is 44.1 Å². The lowest BCUT2D eigenvalue weighted by molar-refractivity contribution is 0.481. The smallest absolute Gasteiger partial charge is 0.191 e. The average molecular weight is 302 g/mol. The lowest BCUT2D eigenvalue weighted by Gasteiger charge is -2.13. The maximum absolute atomic E-state index is 4.65. The van der Waals surface area contributed by atoms with Gasteiger partial charge in [-0.2, -0.15) is 0 Å². The minimum Gasteiger partial charge on any atom is -0.357 e. The lowest BCUT2D eigenvalue weighted by atomic mass is 10.0. The normalized spacial score (nSPS) is 16.0. The highest BCUT2D eigenvalue weighted by atomic mass is 15.2. The van der Waals surface area contributed by atoms with Crippen LogP contribution in [0.5, 0.6) is 0 Å². The molecule has 0 atom stereocenters. The molecule has 1 aliphatic rings. The number of aromatic nitrogens is 1. The van der Waals surface area contributed by atoms with E-state index in [0.29, 0.717) is 6.54 Å². The predicted octanol–water partition coefficient (Wildman–Crippen LogP) is 3.42. The van der Waals surface area contributed by atoms with Crippen LogP contribution in [-0.4, -0.2) is 24.0 Å². The predicted molar refractivity (Wildman–Crippen MR) is 93.0 cm³/mol. The van der Waals surface area contributed by atoms with Crippen molar-refractivity contribution in [3.63, 3.8) is 0 Å². The van der Waals surface area contributed by atoms with E-state index in [4.69, 9.17) is 0 Å². The summed E-state index contributed by atoms with van der Waals surface area (Å²) in [6, 6.07) is 4.05. The molecule has 0 bridgehead atoms. The Labute approximate surface area is 134 Å². The highest BCUT2D eigenvalue weighted by Gasteiger charge is 2.13. The van der Waals surface area contributed by atoms with Crippen LogP contribution in [0, 0.1) is 12.8 Å². The zero-order chi connectivity index (χ0) is 15.6. The number of hydrogen-bond donors (Lipinski definition) is 2. The summed E-state index contributed by atoms with van der Waals surface area (Å²) < 4.78 is 0. The van der Waals surface area contributed by atoms with Crippen molar-refractivity contribution in [2.75, 3.05) is 13.1 Å². The van der Waals surface area contributed by atoms with Crippen molar-refractivity contribution in [2.45, 2.75) is 58.9 Å². The van der Waals surface area contributed by atoms with Gasteiger partial charge in [-0.25, -0.2) is 4.99 Å². The van der Waals surface area contributed by atoms with Crippen molar-refractivity contribution in [1.29, 1.82) is 0 Å². The minimum absolute atomic E-state index is 0.630. The number of rotatable bonds is 7. The number of nitrogens with one attached hydrogen (secondary N) is 2. The summed E-state index contributed by atoms with van der Waals surface area (Å²) in [6.45, 7) is 6.70. The molecule has 1 aromatic heterocycles. The van der Waals surface area contributed by atoms with Crippen molar-refractivity contribution in [3.05, 3.63) is 29.6 Å². The second kappa shape index (κ2) is 9.44. The monoisotopic (exact) mass is 302 g/mol.